The van der Waals surface area contributed by atoms with Crippen molar-refractivity contribution in [2.24, 2.45) is 0 Å². The first-order chi connectivity index (χ1) is 16.7. The van der Waals surface area contributed by atoms with Crippen LogP contribution in [0.5, 0.6) is 5.75 Å². The minimum Gasteiger partial charge on any atom is -0.421 e. The Bertz CT molecular complexity index is 1390. The van der Waals surface area contributed by atoms with E-state index in [4.69, 9.17) is 4.74 Å². The summed E-state index contributed by atoms with van der Waals surface area (Å²) < 4.78 is 47.6. The molecule has 4 aromatic rings. The fourth-order valence-corrected chi connectivity index (χ4v) is 3.85. The van der Waals surface area contributed by atoms with Gasteiger partial charge < -0.3 is 14.6 Å². The third-order valence-electron chi connectivity index (χ3n) is 5.47. The van der Waals surface area contributed by atoms with Crippen LogP contribution in [0, 0.1) is 13.8 Å². The molecule has 0 fully saturated rings. The van der Waals surface area contributed by atoms with Crippen LogP contribution in [0.2, 0.25) is 0 Å². The lowest BCUT2D eigenvalue weighted by Gasteiger charge is -2.17. The second-order valence-corrected chi connectivity index (χ2v) is 7.84. The first-order valence-electron chi connectivity index (χ1n) is 10.7. The Hall–Kier alpha value is -4.33. The number of hydrogen-bond donors (Lipinski definition) is 1. The Kier molecular flexibility index (Phi) is 6.46. The first-order valence-corrected chi connectivity index (χ1v) is 10.7. The summed E-state index contributed by atoms with van der Waals surface area (Å²) in [6.45, 7) is 3.21. The van der Waals surface area contributed by atoms with Gasteiger partial charge in [-0.2, -0.15) is 13.2 Å². The van der Waals surface area contributed by atoms with Crippen molar-refractivity contribution in [3.05, 3.63) is 113 Å². The van der Waals surface area contributed by atoms with E-state index in [9.17, 15) is 22.8 Å². The highest BCUT2D eigenvalue weighted by Gasteiger charge is 2.34. The molecule has 0 bridgehead atoms. The van der Waals surface area contributed by atoms with Crippen molar-refractivity contribution in [3.8, 4) is 11.4 Å². The van der Waals surface area contributed by atoms with Gasteiger partial charge >= 0.3 is 12.1 Å². The molecule has 5 nitrogen and oxygen atoms in total. The van der Waals surface area contributed by atoms with Gasteiger partial charge in [0.1, 0.15) is 0 Å². The number of nitrogens with zero attached hydrogens (tertiary/aromatic N) is 1. The fourth-order valence-electron chi connectivity index (χ4n) is 3.85. The van der Waals surface area contributed by atoms with Gasteiger partial charge in [0.05, 0.1) is 28.1 Å². The summed E-state index contributed by atoms with van der Waals surface area (Å²) in [7, 11) is 0. The highest BCUT2D eigenvalue weighted by molar-refractivity contribution is 6.06. The predicted molar refractivity (Wildman–Crippen MR) is 126 cm³/mol. The van der Waals surface area contributed by atoms with Gasteiger partial charge in [0.2, 0.25) is 0 Å². The molecule has 0 aliphatic carbocycles. The summed E-state index contributed by atoms with van der Waals surface area (Å²) in [4.78, 5) is 25.6. The highest BCUT2D eigenvalue weighted by atomic mass is 19.4. The quantitative estimate of drug-likeness (QED) is 0.260. The largest absolute Gasteiger partial charge is 0.421 e. The summed E-state index contributed by atoms with van der Waals surface area (Å²) in [5.41, 5.74) is 0.744. The van der Waals surface area contributed by atoms with E-state index in [0.717, 1.165) is 6.07 Å². The van der Waals surface area contributed by atoms with Gasteiger partial charge in [-0.1, -0.05) is 42.5 Å². The zero-order chi connectivity index (χ0) is 25.2. The van der Waals surface area contributed by atoms with Gasteiger partial charge in [-0.25, -0.2) is 4.79 Å². The SMILES string of the molecule is Cc1cc(C(=O)Nc2ccccc2OC(=O)c2ccccc2)c(C)n1-c1ccccc1C(F)(F)F. The number of rotatable bonds is 5. The van der Waals surface area contributed by atoms with Crippen LogP contribution in [-0.4, -0.2) is 16.4 Å². The summed E-state index contributed by atoms with van der Waals surface area (Å²) in [5.74, 6) is -0.989. The summed E-state index contributed by atoms with van der Waals surface area (Å²) in [6, 6.07) is 21.6. The predicted octanol–water partition coefficient (Wildman–Crippen LogP) is 6.58. The molecule has 0 aliphatic heterocycles. The molecule has 8 heteroatoms. The average Bonchev–Trinajstić information content (AvgIpc) is 3.14. The Morgan fingerprint density at radius 1 is 0.857 bits per heavy atom. The summed E-state index contributed by atoms with van der Waals surface area (Å²) >= 11 is 0. The molecule has 0 saturated carbocycles. The van der Waals surface area contributed by atoms with E-state index < -0.39 is 23.6 Å². The van der Waals surface area contributed by atoms with E-state index >= 15 is 0 Å². The number of alkyl halides is 3. The van der Waals surface area contributed by atoms with E-state index in [2.05, 4.69) is 5.32 Å². The van der Waals surface area contributed by atoms with Crippen molar-refractivity contribution < 1.29 is 27.5 Å². The molecule has 4 rings (SSSR count). The van der Waals surface area contributed by atoms with Crippen LogP contribution in [-0.2, 0) is 6.18 Å². The van der Waals surface area contributed by atoms with Gasteiger partial charge in [-0.15, -0.1) is 0 Å². The van der Waals surface area contributed by atoms with Crippen molar-refractivity contribution in [2.75, 3.05) is 5.32 Å². The van der Waals surface area contributed by atoms with Crippen LogP contribution in [0.1, 0.15) is 37.7 Å². The normalized spacial score (nSPS) is 11.2. The molecular formula is C27H21F3N2O3. The number of carbonyl (C=O) groups is 2. The molecule has 178 valence electrons. The minimum absolute atomic E-state index is 0.0637. The summed E-state index contributed by atoms with van der Waals surface area (Å²) in [5, 5.41) is 2.71. The number of aromatic nitrogens is 1. The molecule has 0 atom stereocenters. The maximum Gasteiger partial charge on any atom is 0.418 e. The topological polar surface area (TPSA) is 60.3 Å². The second-order valence-electron chi connectivity index (χ2n) is 7.84. The molecule has 1 amide bonds. The van der Waals surface area contributed by atoms with Crippen LogP contribution in [0.3, 0.4) is 0 Å². The number of carbonyl (C=O) groups excluding carboxylic acids is 2. The van der Waals surface area contributed by atoms with Gasteiger partial charge in [0.25, 0.3) is 5.91 Å². The number of halogens is 3. The van der Waals surface area contributed by atoms with Crippen molar-refractivity contribution in [3.63, 3.8) is 0 Å². The molecule has 1 N–H and O–H groups in total. The van der Waals surface area contributed by atoms with Crippen molar-refractivity contribution >= 4 is 17.6 Å². The molecular weight excluding hydrogens is 457 g/mol. The maximum atomic E-state index is 13.6. The van der Waals surface area contributed by atoms with Gasteiger partial charge in [-0.05, 0) is 56.3 Å². The molecule has 3 aromatic carbocycles. The Balaban J connectivity index is 1.63. The number of nitrogens with one attached hydrogen (secondary N) is 1. The third kappa shape index (κ3) is 4.96. The molecule has 1 heterocycles. The zero-order valence-corrected chi connectivity index (χ0v) is 18.9. The number of para-hydroxylation sites is 3. The first kappa shape index (κ1) is 23.8. The molecule has 1 aromatic heterocycles. The van der Waals surface area contributed by atoms with Gasteiger partial charge in [0.15, 0.2) is 5.75 Å². The third-order valence-corrected chi connectivity index (χ3v) is 5.47. The van der Waals surface area contributed by atoms with E-state index in [1.165, 1.54) is 28.8 Å². The van der Waals surface area contributed by atoms with Gasteiger partial charge in [-0.3, -0.25) is 4.79 Å². The maximum absolute atomic E-state index is 13.6. The Morgan fingerprint density at radius 2 is 1.49 bits per heavy atom. The lowest BCUT2D eigenvalue weighted by molar-refractivity contribution is -0.137. The zero-order valence-electron chi connectivity index (χ0n) is 18.9. The van der Waals surface area contributed by atoms with Crippen LogP contribution >= 0.6 is 0 Å². The van der Waals surface area contributed by atoms with Crippen LogP contribution in [0.4, 0.5) is 18.9 Å². The Morgan fingerprint density at radius 3 is 2.20 bits per heavy atom. The molecule has 0 aliphatic rings. The van der Waals surface area contributed by atoms with E-state index in [-0.39, 0.29) is 22.7 Å². The van der Waals surface area contributed by atoms with Gasteiger partial charge in [0, 0.05) is 11.4 Å². The van der Waals surface area contributed by atoms with Crippen molar-refractivity contribution in [1.82, 2.24) is 4.57 Å². The smallest absolute Gasteiger partial charge is 0.418 e. The number of amides is 1. The molecule has 0 saturated heterocycles. The van der Waals surface area contributed by atoms with Crippen LogP contribution in [0.25, 0.3) is 5.69 Å². The monoisotopic (exact) mass is 478 g/mol. The highest BCUT2D eigenvalue weighted by Crippen LogP contribution is 2.35. The number of ether oxygens (including phenoxy) is 1. The number of anilines is 1. The number of hydrogen-bond acceptors (Lipinski definition) is 3. The van der Waals surface area contributed by atoms with Crippen molar-refractivity contribution in [2.45, 2.75) is 20.0 Å². The number of benzene rings is 3. The van der Waals surface area contributed by atoms with Crippen LogP contribution < -0.4 is 10.1 Å². The number of aryl methyl sites for hydroxylation is 1. The molecule has 0 spiro atoms. The molecule has 35 heavy (non-hydrogen) atoms. The molecule has 0 unspecified atom stereocenters. The lowest BCUT2D eigenvalue weighted by atomic mass is 10.1. The van der Waals surface area contributed by atoms with E-state index in [1.807, 2.05) is 0 Å². The summed E-state index contributed by atoms with van der Waals surface area (Å²) in [6.07, 6.45) is -4.55. The van der Waals surface area contributed by atoms with Crippen molar-refractivity contribution in [1.29, 1.82) is 0 Å². The minimum atomic E-state index is -4.55. The lowest BCUT2D eigenvalue weighted by Crippen LogP contribution is -2.16. The molecule has 0 radical (unpaired) electrons. The second kappa shape index (κ2) is 9.50. The van der Waals surface area contributed by atoms with Crippen LogP contribution in [0.15, 0.2) is 84.9 Å². The Labute approximate surface area is 199 Å². The van der Waals surface area contributed by atoms with E-state index in [1.54, 1.807) is 68.4 Å². The number of esters is 1. The van der Waals surface area contributed by atoms with E-state index in [0.29, 0.717) is 17.0 Å². The fraction of sp³-hybridized carbons (Fsp3) is 0.111. The average molecular weight is 478 g/mol. The standard InChI is InChI=1S/C27H21F3N2O3/c1-17-16-20(18(2)32(17)23-14-8-6-12-21(23)27(28,29)30)25(33)31-22-13-7-9-15-24(22)35-26(34)19-10-4-3-5-11-19/h3-16H,1-2H3,(H,31,33).